The number of aliphatic hydroxyl groups excluding tert-OH is 1. The number of thioether (sulfide) groups is 1. The van der Waals surface area contributed by atoms with E-state index in [9.17, 15) is 0 Å². The minimum atomic E-state index is -0.269. The first-order valence-corrected chi connectivity index (χ1v) is 4.33. The molecule has 0 aromatic heterocycles. The molecule has 0 aromatic carbocycles. The minimum Gasteiger partial charge on any atom is -0.396 e. The Morgan fingerprint density at radius 1 is 1.73 bits per heavy atom. The van der Waals surface area contributed by atoms with Gasteiger partial charge in [0.1, 0.15) is 0 Å². The minimum absolute atomic E-state index is 0.0413. The Labute approximate surface area is 71.1 Å². The lowest BCUT2D eigenvalue weighted by Gasteiger charge is -2.25. The molecule has 0 radical (unpaired) electrons. The molecule has 0 saturated carbocycles. The Morgan fingerprint density at radius 3 is 2.64 bits per heavy atom. The van der Waals surface area contributed by atoms with E-state index in [4.69, 9.17) is 16.2 Å². The van der Waals surface area contributed by atoms with Crippen molar-refractivity contribution in [3.8, 4) is 0 Å². The third kappa shape index (κ3) is 6.00. The van der Waals surface area contributed by atoms with Crippen LogP contribution in [0.4, 0.5) is 0 Å². The standard InChI is InChI=1S/C6H15N3OS/c1-6(2,9-5(7)8)11-4-3-10/h10H,3-4H2,1-2H3,(H4,7,8,9). The summed E-state index contributed by atoms with van der Waals surface area (Å²) in [5.41, 5.74) is 5.15. The smallest absolute Gasteiger partial charge is 0.186 e. The second-order valence-corrected chi connectivity index (χ2v) is 4.34. The van der Waals surface area contributed by atoms with Gasteiger partial charge in [-0.25, -0.2) is 0 Å². The molecule has 0 aliphatic heterocycles. The SMILES string of the molecule is CC(C)(NC(=N)N)SCCO. The number of hydrogen-bond donors (Lipinski definition) is 4. The molecule has 0 rings (SSSR count). The fourth-order valence-electron chi connectivity index (χ4n) is 0.661. The lowest BCUT2D eigenvalue weighted by molar-refractivity contribution is 0.322. The highest BCUT2D eigenvalue weighted by molar-refractivity contribution is 8.00. The van der Waals surface area contributed by atoms with Crippen LogP contribution < -0.4 is 11.1 Å². The number of nitrogens with two attached hydrogens (primary N) is 1. The summed E-state index contributed by atoms with van der Waals surface area (Å²) in [6, 6.07) is 0. The van der Waals surface area contributed by atoms with E-state index in [0.717, 1.165) is 0 Å². The summed E-state index contributed by atoms with van der Waals surface area (Å²) in [5.74, 6) is 0.605. The lowest BCUT2D eigenvalue weighted by atomic mass is 10.4. The van der Waals surface area contributed by atoms with Gasteiger partial charge in [0.2, 0.25) is 0 Å². The van der Waals surface area contributed by atoms with E-state index in [1.54, 1.807) is 0 Å². The van der Waals surface area contributed by atoms with Crippen LogP contribution in [0.2, 0.25) is 0 Å². The van der Waals surface area contributed by atoms with Crippen molar-refractivity contribution >= 4 is 17.7 Å². The van der Waals surface area contributed by atoms with Crippen LogP contribution in [0.3, 0.4) is 0 Å². The molecular weight excluding hydrogens is 162 g/mol. The van der Waals surface area contributed by atoms with Crippen molar-refractivity contribution in [3.05, 3.63) is 0 Å². The van der Waals surface area contributed by atoms with Crippen LogP contribution in [-0.2, 0) is 0 Å². The van der Waals surface area contributed by atoms with Gasteiger partial charge in [-0.05, 0) is 13.8 Å². The van der Waals surface area contributed by atoms with E-state index in [-0.39, 0.29) is 17.4 Å². The fourth-order valence-corrected chi connectivity index (χ4v) is 1.44. The largest absolute Gasteiger partial charge is 0.396 e. The number of hydrogen-bond acceptors (Lipinski definition) is 3. The van der Waals surface area contributed by atoms with Gasteiger partial charge in [0.15, 0.2) is 5.96 Å². The monoisotopic (exact) mass is 177 g/mol. The molecule has 11 heavy (non-hydrogen) atoms. The topological polar surface area (TPSA) is 82.1 Å². The third-order valence-electron chi connectivity index (χ3n) is 0.990. The van der Waals surface area contributed by atoms with Crippen LogP contribution in [0.1, 0.15) is 13.8 Å². The van der Waals surface area contributed by atoms with E-state index < -0.39 is 0 Å². The van der Waals surface area contributed by atoms with Crippen LogP contribution in [0.25, 0.3) is 0 Å². The van der Waals surface area contributed by atoms with Crippen LogP contribution >= 0.6 is 11.8 Å². The van der Waals surface area contributed by atoms with Gasteiger partial charge in [0.25, 0.3) is 0 Å². The fraction of sp³-hybridized carbons (Fsp3) is 0.833. The second kappa shape index (κ2) is 4.46. The second-order valence-electron chi connectivity index (χ2n) is 2.62. The van der Waals surface area contributed by atoms with Crippen molar-refractivity contribution in [3.63, 3.8) is 0 Å². The van der Waals surface area contributed by atoms with Gasteiger partial charge >= 0.3 is 0 Å². The van der Waals surface area contributed by atoms with Crippen LogP contribution in [0, 0.1) is 5.41 Å². The van der Waals surface area contributed by atoms with Gasteiger partial charge in [-0.15, -0.1) is 11.8 Å². The van der Waals surface area contributed by atoms with Crippen molar-refractivity contribution in [1.82, 2.24) is 5.32 Å². The van der Waals surface area contributed by atoms with Crippen molar-refractivity contribution < 1.29 is 5.11 Å². The Kier molecular flexibility index (Phi) is 4.29. The van der Waals surface area contributed by atoms with Crippen molar-refractivity contribution in [1.29, 1.82) is 5.41 Å². The van der Waals surface area contributed by atoms with Gasteiger partial charge in [0.05, 0.1) is 11.5 Å². The zero-order valence-electron chi connectivity index (χ0n) is 6.85. The van der Waals surface area contributed by atoms with Crippen LogP contribution in [-0.4, -0.2) is 28.3 Å². The summed E-state index contributed by atoms with van der Waals surface area (Å²) in [7, 11) is 0. The number of guanidine groups is 1. The van der Waals surface area contributed by atoms with Crippen molar-refractivity contribution in [2.75, 3.05) is 12.4 Å². The molecule has 5 N–H and O–H groups in total. The predicted octanol–water partition coefficient (Wildman–Crippen LogP) is -0.0689. The summed E-state index contributed by atoms with van der Waals surface area (Å²) in [5, 5.41) is 18.3. The van der Waals surface area contributed by atoms with Gasteiger partial charge in [-0.3, -0.25) is 5.41 Å². The Hall–Kier alpha value is -0.420. The summed E-state index contributed by atoms with van der Waals surface area (Å²) in [4.78, 5) is -0.269. The van der Waals surface area contributed by atoms with E-state index in [0.29, 0.717) is 5.75 Å². The molecule has 0 spiro atoms. The maximum absolute atomic E-state index is 8.53. The average molecular weight is 177 g/mol. The average Bonchev–Trinajstić information content (AvgIpc) is 1.81. The highest BCUT2D eigenvalue weighted by Crippen LogP contribution is 2.19. The normalized spacial score (nSPS) is 11.2. The Balaban J connectivity index is 3.70. The molecule has 0 aliphatic rings. The molecule has 0 heterocycles. The zero-order chi connectivity index (χ0) is 8.91. The molecule has 66 valence electrons. The maximum Gasteiger partial charge on any atom is 0.186 e. The number of aliphatic hydroxyl groups is 1. The summed E-state index contributed by atoms with van der Waals surface area (Å²) < 4.78 is 0. The molecule has 0 unspecified atom stereocenters. The number of rotatable bonds is 4. The van der Waals surface area contributed by atoms with Gasteiger partial charge < -0.3 is 16.2 Å². The maximum atomic E-state index is 8.53. The zero-order valence-corrected chi connectivity index (χ0v) is 7.66. The summed E-state index contributed by atoms with van der Waals surface area (Å²) in [6.07, 6.45) is 0. The number of nitrogens with one attached hydrogen (secondary N) is 2. The highest BCUT2D eigenvalue weighted by Gasteiger charge is 2.17. The third-order valence-corrected chi connectivity index (χ3v) is 2.20. The van der Waals surface area contributed by atoms with E-state index >= 15 is 0 Å². The molecule has 0 saturated heterocycles. The summed E-state index contributed by atoms with van der Waals surface area (Å²) >= 11 is 1.53. The van der Waals surface area contributed by atoms with Gasteiger partial charge in [-0.1, -0.05) is 0 Å². The quantitative estimate of drug-likeness (QED) is 0.275. The van der Waals surface area contributed by atoms with E-state index in [1.807, 2.05) is 13.8 Å². The predicted molar refractivity (Wildman–Crippen MR) is 48.7 cm³/mol. The molecule has 0 amide bonds. The first-order chi connectivity index (χ1) is 4.98. The van der Waals surface area contributed by atoms with Crippen LogP contribution in [0.15, 0.2) is 0 Å². The van der Waals surface area contributed by atoms with Crippen molar-refractivity contribution in [2.24, 2.45) is 5.73 Å². The molecule has 0 aliphatic carbocycles. The van der Waals surface area contributed by atoms with Gasteiger partial charge in [0, 0.05) is 5.75 Å². The molecule has 0 bridgehead atoms. The molecule has 4 nitrogen and oxygen atoms in total. The molecule has 0 fully saturated rings. The Morgan fingerprint density at radius 2 is 2.27 bits per heavy atom. The van der Waals surface area contributed by atoms with Crippen LogP contribution in [0.5, 0.6) is 0 Å². The Bertz CT molecular complexity index is 138. The van der Waals surface area contributed by atoms with Crippen molar-refractivity contribution in [2.45, 2.75) is 18.7 Å². The first kappa shape index (κ1) is 10.6. The van der Waals surface area contributed by atoms with E-state index in [2.05, 4.69) is 5.32 Å². The lowest BCUT2D eigenvalue weighted by Crippen LogP contribution is -2.44. The summed E-state index contributed by atoms with van der Waals surface area (Å²) in [6.45, 7) is 3.97. The van der Waals surface area contributed by atoms with E-state index in [1.165, 1.54) is 11.8 Å². The molecular formula is C6H15N3OS. The molecule has 5 heteroatoms. The molecule has 0 atom stereocenters. The first-order valence-electron chi connectivity index (χ1n) is 3.35. The molecule has 0 aromatic rings. The highest BCUT2D eigenvalue weighted by atomic mass is 32.2. The van der Waals surface area contributed by atoms with Gasteiger partial charge in [-0.2, -0.15) is 0 Å².